The summed E-state index contributed by atoms with van der Waals surface area (Å²) in [4.78, 5) is 34.7. The monoisotopic (exact) mass is 427 g/mol. The Balaban J connectivity index is 1.77. The number of carboxylic acid groups (broad SMARTS) is 1. The van der Waals surface area contributed by atoms with Gasteiger partial charge in [0.2, 0.25) is 11.8 Å². The topological polar surface area (TPSA) is 128 Å². The minimum atomic E-state index is -0.951. The third-order valence-electron chi connectivity index (χ3n) is 4.78. The Morgan fingerprint density at radius 2 is 1.52 bits per heavy atom. The van der Waals surface area contributed by atoms with E-state index >= 15 is 0 Å². The molecule has 0 fully saturated rings. The lowest BCUT2D eigenvalue weighted by Crippen LogP contribution is -2.28. The summed E-state index contributed by atoms with van der Waals surface area (Å²) in [6.45, 7) is 0.344. The lowest BCUT2D eigenvalue weighted by Gasteiger charge is -2.15. The Labute approximate surface area is 181 Å². The van der Waals surface area contributed by atoms with Crippen molar-refractivity contribution in [2.24, 2.45) is 0 Å². The number of hydroxylamine groups is 1. The zero-order valence-electron chi connectivity index (χ0n) is 17.3. The van der Waals surface area contributed by atoms with Crippen molar-refractivity contribution in [2.75, 3.05) is 5.32 Å². The largest absolute Gasteiger partial charge is 0.480 e. The van der Waals surface area contributed by atoms with Crippen molar-refractivity contribution < 1.29 is 24.7 Å². The molecule has 0 saturated heterocycles. The van der Waals surface area contributed by atoms with Crippen molar-refractivity contribution in [3.63, 3.8) is 0 Å². The van der Waals surface area contributed by atoms with Crippen LogP contribution in [0.3, 0.4) is 0 Å². The maximum Gasteiger partial charge on any atom is 0.325 e. The first kappa shape index (κ1) is 24.0. The van der Waals surface area contributed by atoms with Gasteiger partial charge >= 0.3 is 5.97 Å². The maximum absolute atomic E-state index is 12.1. The highest BCUT2D eigenvalue weighted by Crippen LogP contribution is 2.16. The van der Waals surface area contributed by atoms with E-state index in [1.165, 1.54) is 0 Å². The molecule has 166 valence electrons. The van der Waals surface area contributed by atoms with Crippen molar-refractivity contribution in [1.82, 2.24) is 10.8 Å². The van der Waals surface area contributed by atoms with E-state index in [0.29, 0.717) is 37.1 Å². The van der Waals surface area contributed by atoms with Crippen LogP contribution in [0.4, 0.5) is 5.69 Å². The van der Waals surface area contributed by atoms with Crippen molar-refractivity contribution in [3.8, 4) is 0 Å². The second kappa shape index (κ2) is 13.1. The zero-order chi connectivity index (χ0) is 22.5. The van der Waals surface area contributed by atoms with Crippen molar-refractivity contribution >= 4 is 23.5 Å². The molecular formula is C23H29N3O5. The van der Waals surface area contributed by atoms with Gasteiger partial charge in [0.05, 0.1) is 0 Å². The van der Waals surface area contributed by atoms with Gasteiger partial charge in [-0.3, -0.25) is 24.9 Å². The summed E-state index contributed by atoms with van der Waals surface area (Å²) in [5.41, 5.74) is 3.80. The number of amides is 2. The molecule has 0 radical (unpaired) electrons. The standard InChI is InChI=1S/C23H29N3O5/c27-20(13-6-1-2-7-14-21(28)26-31)25-19-12-8-9-17(15-19)16-24-22(23(29)30)18-10-4-3-5-11-18/h3-5,8-12,15,22,24,31H,1-2,6-7,13-14,16H2,(H,25,27)(H,26,28)(H,29,30)/t22-/m0/s1. The molecule has 0 aromatic heterocycles. The van der Waals surface area contributed by atoms with E-state index in [-0.39, 0.29) is 12.3 Å². The van der Waals surface area contributed by atoms with Gasteiger partial charge < -0.3 is 10.4 Å². The quantitative estimate of drug-likeness (QED) is 0.189. The molecule has 0 spiro atoms. The first-order valence-corrected chi connectivity index (χ1v) is 10.3. The normalized spacial score (nSPS) is 11.5. The van der Waals surface area contributed by atoms with Gasteiger partial charge in [-0.15, -0.1) is 0 Å². The van der Waals surface area contributed by atoms with Crippen LogP contribution in [-0.4, -0.2) is 28.1 Å². The van der Waals surface area contributed by atoms with E-state index in [9.17, 15) is 19.5 Å². The fraction of sp³-hybridized carbons (Fsp3) is 0.348. The predicted octanol–water partition coefficient (Wildman–Crippen LogP) is 3.39. The second-order valence-electron chi connectivity index (χ2n) is 7.26. The SMILES string of the molecule is O=C(CCCCCCC(=O)Nc1cccc(CN[C@H](C(=O)O)c2ccccc2)c1)NO. The molecule has 8 nitrogen and oxygen atoms in total. The Morgan fingerprint density at radius 3 is 2.16 bits per heavy atom. The number of benzene rings is 2. The van der Waals surface area contributed by atoms with E-state index in [1.54, 1.807) is 35.8 Å². The number of carbonyl (C=O) groups is 3. The fourth-order valence-corrected chi connectivity index (χ4v) is 3.18. The summed E-state index contributed by atoms with van der Waals surface area (Å²) < 4.78 is 0. The Bertz CT molecular complexity index is 857. The van der Waals surface area contributed by atoms with Crippen LogP contribution in [0.5, 0.6) is 0 Å². The molecule has 1 atom stereocenters. The number of hydrogen-bond donors (Lipinski definition) is 5. The van der Waals surface area contributed by atoms with Crippen LogP contribution < -0.4 is 16.1 Å². The number of carboxylic acids is 1. The number of rotatable bonds is 13. The average Bonchev–Trinajstić information content (AvgIpc) is 2.77. The number of unbranched alkanes of at least 4 members (excludes halogenated alkanes) is 3. The van der Waals surface area contributed by atoms with E-state index in [2.05, 4.69) is 10.6 Å². The second-order valence-corrected chi connectivity index (χ2v) is 7.26. The highest BCUT2D eigenvalue weighted by atomic mass is 16.5. The van der Waals surface area contributed by atoms with Crippen molar-refractivity contribution in [1.29, 1.82) is 0 Å². The molecule has 5 N–H and O–H groups in total. The Hall–Kier alpha value is -3.23. The molecule has 2 aromatic carbocycles. The summed E-state index contributed by atoms with van der Waals surface area (Å²) in [5, 5.41) is 23.8. The molecule has 31 heavy (non-hydrogen) atoms. The van der Waals surface area contributed by atoms with E-state index < -0.39 is 17.9 Å². The minimum absolute atomic E-state index is 0.0918. The van der Waals surface area contributed by atoms with Gasteiger partial charge in [0.25, 0.3) is 0 Å². The molecule has 2 rings (SSSR count). The van der Waals surface area contributed by atoms with Crippen LogP contribution in [0.15, 0.2) is 54.6 Å². The highest BCUT2D eigenvalue weighted by molar-refractivity contribution is 5.90. The van der Waals surface area contributed by atoms with Gasteiger partial charge in [0, 0.05) is 25.1 Å². The first-order valence-electron chi connectivity index (χ1n) is 10.3. The Morgan fingerprint density at radius 1 is 0.839 bits per heavy atom. The Kier molecular flexibility index (Phi) is 10.2. The number of nitrogens with one attached hydrogen (secondary N) is 3. The summed E-state index contributed by atoms with van der Waals surface area (Å²) in [6.07, 6.45) is 3.68. The van der Waals surface area contributed by atoms with Crippen LogP contribution in [0.25, 0.3) is 0 Å². The molecule has 0 unspecified atom stereocenters. The van der Waals surface area contributed by atoms with Crippen LogP contribution in [0, 0.1) is 0 Å². The van der Waals surface area contributed by atoms with Gasteiger partial charge in [-0.2, -0.15) is 0 Å². The molecule has 0 aliphatic rings. The number of aliphatic carboxylic acids is 1. The fourth-order valence-electron chi connectivity index (χ4n) is 3.18. The van der Waals surface area contributed by atoms with Crippen LogP contribution in [-0.2, 0) is 20.9 Å². The van der Waals surface area contributed by atoms with Crippen LogP contribution >= 0.6 is 0 Å². The molecule has 0 saturated carbocycles. The lowest BCUT2D eigenvalue weighted by molar-refractivity contribution is -0.139. The van der Waals surface area contributed by atoms with Gasteiger partial charge in [-0.1, -0.05) is 55.3 Å². The lowest BCUT2D eigenvalue weighted by atomic mass is 10.1. The molecular weight excluding hydrogens is 398 g/mol. The van der Waals surface area contributed by atoms with E-state index in [4.69, 9.17) is 5.21 Å². The number of anilines is 1. The third kappa shape index (κ3) is 8.98. The van der Waals surface area contributed by atoms with Crippen molar-refractivity contribution in [2.45, 2.75) is 51.1 Å². The molecule has 0 heterocycles. The van der Waals surface area contributed by atoms with Crippen molar-refractivity contribution in [3.05, 3.63) is 65.7 Å². The zero-order valence-corrected chi connectivity index (χ0v) is 17.3. The van der Waals surface area contributed by atoms with Gasteiger partial charge in [-0.05, 0) is 36.1 Å². The molecule has 0 aliphatic heterocycles. The molecule has 2 amide bonds. The maximum atomic E-state index is 12.1. The van der Waals surface area contributed by atoms with E-state index in [1.807, 2.05) is 24.3 Å². The summed E-state index contributed by atoms with van der Waals surface area (Å²) in [5.74, 6) is -1.44. The molecule has 0 bridgehead atoms. The molecule has 2 aromatic rings. The van der Waals surface area contributed by atoms with E-state index in [0.717, 1.165) is 18.4 Å². The number of hydrogen-bond acceptors (Lipinski definition) is 5. The molecule has 8 heteroatoms. The number of carbonyl (C=O) groups excluding carboxylic acids is 2. The smallest absolute Gasteiger partial charge is 0.325 e. The predicted molar refractivity (Wildman–Crippen MR) is 116 cm³/mol. The summed E-state index contributed by atoms with van der Waals surface area (Å²) >= 11 is 0. The van der Waals surface area contributed by atoms with Gasteiger partial charge in [-0.25, -0.2) is 5.48 Å². The first-order chi connectivity index (χ1) is 15.0. The van der Waals surface area contributed by atoms with Gasteiger partial charge in [0.15, 0.2) is 0 Å². The third-order valence-corrected chi connectivity index (χ3v) is 4.78. The average molecular weight is 428 g/mol. The van der Waals surface area contributed by atoms with Crippen LogP contribution in [0.1, 0.15) is 55.7 Å². The summed E-state index contributed by atoms with van der Waals surface area (Å²) in [7, 11) is 0. The summed E-state index contributed by atoms with van der Waals surface area (Å²) in [6, 6.07) is 15.5. The van der Waals surface area contributed by atoms with Gasteiger partial charge in [0.1, 0.15) is 6.04 Å². The minimum Gasteiger partial charge on any atom is -0.480 e. The molecule has 0 aliphatic carbocycles. The highest BCUT2D eigenvalue weighted by Gasteiger charge is 2.18. The van der Waals surface area contributed by atoms with Crippen LogP contribution in [0.2, 0.25) is 0 Å².